The third kappa shape index (κ3) is 3.85. The van der Waals surface area contributed by atoms with E-state index in [0.29, 0.717) is 16.9 Å². The average molecular weight is 384 g/mol. The molecule has 3 aromatic rings. The van der Waals surface area contributed by atoms with Crippen LogP contribution in [0, 0.1) is 5.82 Å². The smallest absolute Gasteiger partial charge is 0.341 e. The summed E-state index contributed by atoms with van der Waals surface area (Å²) < 4.78 is 23.4. The van der Waals surface area contributed by atoms with Gasteiger partial charge in [-0.1, -0.05) is 5.16 Å². The highest BCUT2D eigenvalue weighted by Crippen LogP contribution is 2.29. The van der Waals surface area contributed by atoms with Crippen molar-refractivity contribution in [1.29, 1.82) is 0 Å². The fourth-order valence-electron chi connectivity index (χ4n) is 2.70. The molecule has 1 heterocycles. The van der Waals surface area contributed by atoms with Gasteiger partial charge < -0.3 is 19.7 Å². The van der Waals surface area contributed by atoms with E-state index in [1.165, 1.54) is 31.4 Å². The lowest BCUT2D eigenvalue weighted by Gasteiger charge is -2.12. The molecule has 0 radical (unpaired) electrons. The second kappa shape index (κ2) is 7.91. The van der Waals surface area contributed by atoms with Gasteiger partial charge in [-0.2, -0.15) is 0 Å². The van der Waals surface area contributed by atoms with Crippen LogP contribution in [-0.4, -0.2) is 29.2 Å². The van der Waals surface area contributed by atoms with Crippen molar-refractivity contribution in [2.75, 3.05) is 7.11 Å². The van der Waals surface area contributed by atoms with Crippen molar-refractivity contribution in [1.82, 2.24) is 10.5 Å². The zero-order valence-electron chi connectivity index (χ0n) is 15.1. The molecule has 0 saturated carbocycles. The van der Waals surface area contributed by atoms with Gasteiger partial charge in [-0.05, 0) is 55.5 Å². The van der Waals surface area contributed by atoms with Gasteiger partial charge in [0, 0.05) is 11.1 Å². The molecule has 2 N–H and O–H groups in total. The minimum atomic E-state index is -1.26. The summed E-state index contributed by atoms with van der Waals surface area (Å²) in [5, 5.41) is 16.1. The van der Waals surface area contributed by atoms with Gasteiger partial charge in [0.05, 0.1) is 13.2 Å². The second-order valence-corrected chi connectivity index (χ2v) is 6.01. The Kier molecular flexibility index (Phi) is 5.39. The van der Waals surface area contributed by atoms with Gasteiger partial charge in [0.1, 0.15) is 22.8 Å². The Morgan fingerprint density at radius 3 is 2.36 bits per heavy atom. The van der Waals surface area contributed by atoms with Crippen LogP contribution in [0.1, 0.15) is 39.4 Å². The number of aromatic carboxylic acids is 1. The van der Waals surface area contributed by atoms with Crippen molar-refractivity contribution in [3.05, 3.63) is 71.2 Å². The molecule has 1 amide bonds. The Morgan fingerprint density at radius 2 is 1.79 bits per heavy atom. The average Bonchev–Trinajstić information content (AvgIpc) is 3.14. The quantitative estimate of drug-likeness (QED) is 0.672. The van der Waals surface area contributed by atoms with Crippen molar-refractivity contribution in [2.24, 2.45) is 0 Å². The summed E-state index contributed by atoms with van der Waals surface area (Å²) in [6.07, 6.45) is 0. The molecule has 0 aliphatic carbocycles. The zero-order chi connectivity index (χ0) is 20.3. The topological polar surface area (TPSA) is 102 Å². The third-order valence-electron chi connectivity index (χ3n) is 4.14. The van der Waals surface area contributed by atoms with E-state index in [2.05, 4.69) is 10.5 Å². The minimum Gasteiger partial charge on any atom is -0.497 e. The lowest BCUT2D eigenvalue weighted by Crippen LogP contribution is -2.27. The lowest BCUT2D eigenvalue weighted by molar-refractivity contribution is 0.0692. The Labute approximate surface area is 159 Å². The Balaban J connectivity index is 1.86. The number of rotatable bonds is 6. The predicted molar refractivity (Wildman–Crippen MR) is 97.7 cm³/mol. The molecule has 0 bridgehead atoms. The van der Waals surface area contributed by atoms with Crippen molar-refractivity contribution >= 4 is 11.9 Å². The van der Waals surface area contributed by atoms with E-state index in [-0.39, 0.29) is 17.0 Å². The molecule has 0 aliphatic rings. The van der Waals surface area contributed by atoms with E-state index in [1.54, 1.807) is 31.2 Å². The standard InChI is InChI=1S/C20H17FN2O5/c1-11(22-19(24)13-5-9-15(27-2)10-6-13)18-16(20(25)26)17(23-28-18)12-3-7-14(21)8-4-12/h3-11H,1-2H3,(H,22,24)(H,25,26)/t11-/m1/s1. The van der Waals surface area contributed by atoms with Crippen LogP contribution in [0.5, 0.6) is 5.75 Å². The van der Waals surface area contributed by atoms with Crippen molar-refractivity contribution in [3.8, 4) is 17.0 Å². The number of hydrogen-bond donors (Lipinski definition) is 2. The van der Waals surface area contributed by atoms with Crippen LogP contribution in [0.3, 0.4) is 0 Å². The highest BCUT2D eigenvalue weighted by Gasteiger charge is 2.28. The van der Waals surface area contributed by atoms with Crippen LogP contribution < -0.4 is 10.1 Å². The number of halogens is 1. The van der Waals surface area contributed by atoms with Crippen LogP contribution in [0.25, 0.3) is 11.3 Å². The number of ether oxygens (including phenoxy) is 1. The summed E-state index contributed by atoms with van der Waals surface area (Å²) in [7, 11) is 1.52. The molecule has 0 spiro atoms. The summed E-state index contributed by atoms with van der Waals surface area (Å²) in [5.74, 6) is -1.53. The Morgan fingerprint density at radius 1 is 1.14 bits per heavy atom. The monoisotopic (exact) mass is 384 g/mol. The van der Waals surface area contributed by atoms with Gasteiger partial charge in [0.2, 0.25) is 0 Å². The molecule has 0 unspecified atom stereocenters. The van der Waals surface area contributed by atoms with Gasteiger partial charge in [-0.25, -0.2) is 9.18 Å². The number of carboxylic acids is 1. The van der Waals surface area contributed by atoms with E-state index < -0.39 is 23.7 Å². The second-order valence-electron chi connectivity index (χ2n) is 6.01. The van der Waals surface area contributed by atoms with E-state index >= 15 is 0 Å². The third-order valence-corrected chi connectivity index (χ3v) is 4.14. The van der Waals surface area contributed by atoms with E-state index in [4.69, 9.17) is 9.26 Å². The molecule has 3 rings (SSSR count). The molecule has 8 heteroatoms. The lowest BCUT2D eigenvalue weighted by atomic mass is 10.0. The van der Waals surface area contributed by atoms with Gasteiger partial charge in [0.15, 0.2) is 5.76 Å². The first kappa shape index (κ1) is 19.1. The number of carbonyl (C=O) groups is 2. The molecule has 1 atom stereocenters. The van der Waals surface area contributed by atoms with Crippen molar-refractivity contribution in [3.63, 3.8) is 0 Å². The van der Waals surface area contributed by atoms with Gasteiger partial charge >= 0.3 is 5.97 Å². The number of carboxylic acid groups (broad SMARTS) is 1. The van der Waals surface area contributed by atoms with Crippen molar-refractivity contribution in [2.45, 2.75) is 13.0 Å². The van der Waals surface area contributed by atoms with E-state index in [1.807, 2.05) is 0 Å². The number of nitrogens with one attached hydrogen (secondary N) is 1. The summed E-state index contributed by atoms with van der Waals surface area (Å²) >= 11 is 0. The summed E-state index contributed by atoms with van der Waals surface area (Å²) in [6, 6.07) is 10.9. The fraction of sp³-hybridized carbons (Fsp3) is 0.150. The molecular weight excluding hydrogens is 367 g/mol. The van der Waals surface area contributed by atoms with E-state index in [9.17, 15) is 19.1 Å². The van der Waals surface area contributed by atoms with Gasteiger partial charge in [-0.3, -0.25) is 4.79 Å². The van der Waals surface area contributed by atoms with Gasteiger partial charge in [0.25, 0.3) is 5.91 Å². The summed E-state index contributed by atoms with van der Waals surface area (Å²) in [5.41, 5.74) is 0.646. The maximum absolute atomic E-state index is 13.1. The van der Waals surface area contributed by atoms with Crippen LogP contribution in [0.15, 0.2) is 53.1 Å². The number of aromatic nitrogens is 1. The first-order valence-corrected chi connectivity index (χ1v) is 8.34. The normalized spacial score (nSPS) is 11.7. The molecule has 28 heavy (non-hydrogen) atoms. The molecular formula is C20H17FN2O5. The first-order valence-electron chi connectivity index (χ1n) is 8.34. The number of carbonyl (C=O) groups excluding carboxylic acids is 1. The fourth-order valence-corrected chi connectivity index (χ4v) is 2.70. The number of amides is 1. The first-order chi connectivity index (χ1) is 13.4. The van der Waals surface area contributed by atoms with Gasteiger partial charge in [-0.15, -0.1) is 0 Å². The van der Waals surface area contributed by atoms with Crippen molar-refractivity contribution < 1.29 is 28.3 Å². The predicted octanol–water partition coefficient (Wildman–Crippen LogP) is 3.68. The Hall–Kier alpha value is -3.68. The maximum atomic E-state index is 13.1. The van der Waals surface area contributed by atoms with Crippen LogP contribution >= 0.6 is 0 Å². The number of methoxy groups -OCH3 is 1. The molecule has 1 aromatic heterocycles. The van der Waals surface area contributed by atoms with Crippen LogP contribution in [0.2, 0.25) is 0 Å². The molecule has 2 aromatic carbocycles. The summed E-state index contributed by atoms with van der Waals surface area (Å²) in [4.78, 5) is 24.2. The molecule has 144 valence electrons. The molecule has 0 fully saturated rings. The number of nitrogens with zero attached hydrogens (tertiary/aromatic N) is 1. The van der Waals surface area contributed by atoms with Crippen LogP contribution in [-0.2, 0) is 0 Å². The number of hydrogen-bond acceptors (Lipinski definition) is 5. The molecule has 0 saturated heterocycles. The largest absolute Gasteiger partial charge is 0.497 e. The maximum Gasteiger partial charge on any atom is 0.341 e. The SMILES string of the molecule is COc1ccc(C(=O)N[C@H](C)c2onc(-c3ccc(F)cc3)c2C(=O)O)cc1. The van der Waals surface area contributed by atoms with E-state index in [0.717, 1.165) is 0 Å². The summed E-state index contributed by atoms with van der Waals surface area (Å²) in [6.45, 7) is 1.59. The molecule has 7 nitrogen and oxygen atoms in total. The highest BCUT2D eigenvalue weighted by molar-refractivity contribution is 5.97. The molecule has 0 aliphatic heterocycles. The minimum absolute atomic E-state index is 0.00585. The van der Waals surface area contributed by atoms with Crippen LogP contribution in [0.4, 0.5) is 4.39 Å². The number of benzene rings is 2. The Bertz CT molecular complexity index is 996. The zero-order valence-corrected chi connectivity index (χ0v) is 15.1. The highest BCUT2D eigenvalue weighted by atomic mass is 19.1.